The average molecular weight is 442 g/mol. The molecule has 0 saturated heterocycles. The molecule has 0 aliphatic carbocycles. The molecule has 0 amide bonds. The minimum Gasteiger partial charge on any atom is -0.306 e. The quantitative estimate of drug-likeness (QED) is 0.586. The molecule has 20 heavy (non-hydrogen) atoms. The monoisotopic (exact) mass is 439 g/mol. The number of thiophene rings is 1. The van der Waals surface area contributed by atoms with Crippen LogP contribution in [0, 0.1) is 5.82 Å². The second-order valence-corrected chi connectivity index (χ2v) is 8.47. The van der Waals surface area contributed by atoms with Crippen LogP contribution in [0.15, 0.2) is 31.8 Å². The lowest BCUT2D eigenvalue weighted by atomic mass is 10.0. The van der Waals surface area contributed by atoms with Gasteiger partial charge in [0, 0.05) is 5.56 Å². The molecular weight excluding hydrogens is 428 g/mol. The number of rotatable bonds is 5. The Morgan fingerprint density at radius 1 is 1.35 bits per heavy atom. The highest BCUT2D eigenvalue weighted by atomic mass is 79.9. The van der Waals surface area contributed by atoms with E-state index in [2.05, 4.69) is 44.1 Å². The topological polar surface area (TPSA) is 12.0 Å². The van der Waals surface area contributed by atoms with Crippen molar-refractivity contribution in [1.82, 2.24) is 5.32 Å². The molecule has 0 spiro atoms. The summed E-state index contributed by atoms with van der Waals surface area (Å²) >= 11 is 14.5. The number of nitrogens with one attached hydrogen (secondary N) is 1. The highest BCUT2D eigenvalue weighted by molar-refractivity contribution is 9.12. The molecule has 0 bridgehead atoms. The van der Waals surface area contributed by atoms with Crippen LogP contribution in [0.5, 0.6) is 0 Å². The van der Waals surface area contributed by atoms with Crippen molar-refractivity contribution >= 4 is 54.8 Å². The van der Waals surface area contributed by atoms with Crippen LogP contribution in [0.4, 0.5) is 4.39 Å². The first kappa shape index (κ1) is 16.4. The van der Waals surface area contributed by atoms with Crippen molar-refractivity contribution in [3.05, 3.63) is 53.8 Å². The van der Waals surface area contributed by atoms with E-state index in [1.54, 1.807) is 29.5 Å². The van der Waals surface area contributed by atoms with Gasteiger partial charge in [-0.15, -0.1) is 11.3 Å². The fourth-order valence-electron chi connectivity index (χ4n) is 1.97. The van der Waals surface area contributed by atoms with Crippen molar-refractivity contribution in [1.29, 1.82) is 0 Å². The van der Waals surface area contributed by atoms with Gasteiger partial charge in [-0.3, -0.25) is 0 Å². The molecule has 1 atom stereocenters. The lowest BCUT2D eigenvalue weighted by Crippen LogP contribution is -2.24. The van der Waals surface area contributed by atoms with E-state index in [1.807, 2.05) is 6.07 Å². The smallest absolute Gasteiger partial charge is 0.146 e. The van der Waals surface area contributed by atoms with Crippen LogP contribution >= 0.6 is 54.8 Å². The summed E-state index contributed by atoms with van der Waals surface area (Å²) in [5, 5.41) is 3.53. The minimum atomic E-state index is -0.364. The largest absolute Gasteiger partial charge is 0.306 e. The van der Waals surface area contributed by atoms with Crippen LogP contribution in [-0.4, -0.2) is 6.54 Å². The van der Waals surface area contributed by atoms with Gasteiger partial charge in [0.25, 0.3) is 0 Å². The Balaban J connectivity index is 2.47. The standard InChI is InChI=1S/C14H13Br2ClFNS/c1-2-6-19-13(9-7-11(15)20-14(9)16)8-4-3-5-10(17)12(8)18/h3-5,7,13,19H,2,6H2,1H3. The number of hydrogen-bond donors (Lipinski definition) is 1. The summed E-state index contributed by atoms with van der Waals surface area (Å²) in [6, 6.07) is 6.90. The Morgan fingerprint density at radius 2 is 2.10 bits per heavy atom. The van der Waals surface area contributed by atoms with E-state index in [-0.39, 0.29) is 16.9 Å². The maximum atomic E-state index is 14.3. The third-order valence-corrected chi connectivity index (χ3v) is 5.56. The first-order valence-electron chi connectivity index (χ1n) is 6.16. The van der Waals surface area contributed by atoms with Crippen LogP contribution in [0.3, 0.4) is 0 Å². The van der Waals surface area contributed by atoms with Gasteiger partial charge in [-0.1, -0.05) is 30.7 Å². The number of halogens is 4. The van der Waals surface area contributed by atoms with Gasteiger partial charge in [0.05, 0.1) is 18.6 Å². The fourth-order valence-corrected chi connectivity index (χ4v) is 5.05. The van der Waals surface area contributed by atoms with Crippen molar-refractivity contribution in [2.45, 2.75) is 19.4 Å². The minimum absolute atomic E-state index is 0.149. The molecule has 0 saturated carbocycles. The molecule has 0 aliphatic rings. The number of benzene rings is 1. The predicted molar refractivity (Wildman–Crippen MR) is 91.3 cm³/mol. The molecular formula is C14H13Br2ClFNS. The van der Waals surface area contributed by atoms with E-state index in [9.17, 15) is 4.39 Å². The molecule has 1 heterocycles. The van der Waals surface area contributed by atoms with Crippen LogP contribution in [0.25, 0.3) is 0 Å². The summed E-state index contributed by atoms with van der Waals surface area (Å²) in [7, 11) is 0. The Labute approximate surface area is 143 Å². The SMILES string of the molecule is CCCNC(c1cc(Br)sc1Br)c1cccc(Cl)c1F. The average Bonchev–Trinajstić information content (AvgIpc) is 2.74. The summed E-state index contributed by atoms with van der Waals surface area (Å²) in [6.45, 7) is 2.88. The maximum Gasteiger partial charge on any atom is 0.146 e. The molecule has 1 aromatic carbocycles. The molecule has 2 rings (SSSR count). The van der Waals surface area contributed by atoms with E-state index >= 15 is 0 Å². The molecule has 2 aromatic rings. The lowest BCUT2D eigenvalue weighted by molar-refractivity contribution is 0.547. The Morgan fingerprint density at radius 3 is 2.70 bits per heavy atom. The van der Waals surface area contributed by atoms with E-state index in [4.69, 9.17) is 11.6 Å². The Kier molecular flexibility index (Phi) is 6.05. The normalized spacial score (nSPS) is 12.7. The van der Waals surface area contributed by atoms with Gasteiger partial charge in [-0.25, -0.2) is 4.39 Å². The predicted octanol–water partition coefficient (Wildman–Crippen LogP) is 6.15. The van der Waals surface area contributed by atoms with Gasteiger partial charge in [0.15, 0.2) is 0 Å². The Bertz CT molecular complexity index is 603. The van der Waals surface area contributed by atoms with Crippen molar-refractivity contribution < 1.29 is 4.39 Å². The van der Waals surface area contributed by atoms with E-state index in [1.165, 1.54) is 0 Å². The highest BCUT2D eigenvalue weighted by Gasteiger charge is 2.22. The Hall–Kier alpha value is 0.0600. The first-order valence-corrected chi connectivity index (χ1v) is 8.94. The third-order valence-electron chi connectivity index (χ3n) is 2.88. The first-order chi connectivity index (χ1) is 9.54. The summed E-state index contributed by atoms with van der Waals surface area (Å²) in [5.41, 5.74) is 1.58. The van der Waals surface area contributed by atoms with Gasteiger partial charge in [0.2, 0.25) is 0 Å². The van der Waals surface area contributed by atoms with Gasteiger partial charge in [-0.2, -0.15) is 0 Å². The van der Waals surface area contributed by atoms with Gasteiger partial charge in [0.1, 0.15) is 5.82 Å². The molecule has 0 aliphatic heterocycles. The van der Waals surface area contributed by atoms with Crippen molar-refractivity contribution in [3.8, 4) is 0 Å². The van der Waals surface area contributed by atoms with Gasteiger partial charge >= 0.3 is 0 Å². The zero-order chi connectivity index (χ0) is 14.7. The summed E-state index contributed by atoms with van der Waals surface area (Å²) in [6.07, 6.45) is 0.974. The number of hydrogen-bond acceptors (Lipinski definition) is 2. The van der Waals surface area contributed by atoms with Crippen LogP contribution in [0.1, 0.15) is 30.5 Å². The molecule has 108 valence electrons. The summed E-state index contributed by atoms with van der Waals surface area (Å²) < 4.78 is 16.3. The zero-order valence-corrected chi connectivity index (χ0v) is 15.5. The maximum absolute atomic E-state index is 14.3. The molecule has 1 N–H and O–H groups in total. The fraction of sp³-hybridized carbons (Fsp3) is 0.286. The molecule has 6 heteroatoms. The van der Waals surface area contributed by atoms with Crippen molar-refractivity contribution in [2.24, 2.45) is 0 Å². The van der Waals surface area contributed by atoms with Gasteiger partial charge < -0.3 is 5.32 Å². The zero-order valence-electron chi connectivity index (χ0n) is 10.7. The second kappa shape index (κ2) is 7.36. The van der Waals surface area contributed by atoms with Gasteiger partial charge in [-0.05, 0) is 62.5 Å². The molecule has 1 nitrogen and oxygen atoms in total. The van der Waals surface area contributed by atoms with E-state index < -0.39 is 0 Å². The van der Waals surface area contributed by atoms with Crippen molar-refractivity contribution in [3.63, 3.8) is 0 Å². The van der Waals surface area contributed by atoms with Crippen LogP contribution in [0.2, 0.25) is 5.02 Å². The summed E-state index contributed by atoms with van der Waals surface area (Å²) in [5.74, 6) is -0.364. The van der Waals surface area contributed by atoms with E-state index in [0.717, 1.165) is 26.1 Å². The molecule has 1 aromatic heterocycles. The lowest BCUT2D eigenvalue weighted by Gasteiger charge is -2.20. The van der Waals surface area contributed by atoms with E-state index in [0.29, 0.717) is 5.56 Å². The molecule has 1 unspecified atom stereocenters. The molecule has 0 fully saturated rings. The highest BCUT2D eigenvalue weighted by Crippen LogP contribution is 2.39. The third kappa shape index (κ3) is 3.63. The van der Waals surface area contributed by atoms with Crippen molar-refractivity contribution in [2.75, 3.05) is 6.54 Å². The van der Waals surface area contributed by atoms with Crippen LogP contribution in [-0.2, 0) is 0 Å². The van der Waals surface area contributed by atoms with Crippen LogP contribution < -0.4 is 5.32 Å². The summed E-state index contributed by atoms with van der Waals surface area (Å²) in [4.78, 5) is 0. The second-order valence-electron chi connectivity index (χ2n) is 4.31. The molecule has 0 radical (unpaired) electrons.